The molecular weight excluding hydrogens is 448 g/mol. The van der Waals surface area contributed by atoms with E-state index in [9.17, 15) is 19.8 Å². The molecule has 1 fully saturated rings. The highest BCUT2D eigenvalue weighted by atomic mass is 16.5. The van der Waals surface area contributed by atoms with E-state index in [0.29, 0.717) is 42.4 Å². The lowest BCUT2D eigenvalue weighted by atomic mass is 9.95. The number of Topliss-reactive ketones (excluding diaryl/α,β-unsaturated/α-hetero) is 1. The zero-order valence-corrected chi connectivity index (χ0v) is 20.9. The van der Waals surface area contributed by atoms with E-state index in [1.165, 1.54) is 18.1 Å². The fourth-order valence-electron chi connectivity index (χ4n) is 4.01. The number of hydrogen-bond acceptors (Lipinski definition) is 7. The molecule has 2 N–H and O–H groups in total. The van der Waals surface area contributed by atoms with Gasteiger partial charge in [0.2, 0.25) is 0 Å². The number of benzene rings is 2. The second kappa shape index (κ2) is 11.3. The van der Waals surface area contributed by atoms with Gasteiger partial charge >= 0.3 is 0 Å². The van der Waals surface area contributed by atoms with Crippen molar-refractivity contribution in [2.45, 2.75) is 26.3 Å². The summed E-state index contributed by atoms with van der Waals surface area (Å²) in [5, 5.41) is 21.3. The van der Waals surface area contributed by atoms with E-state index in [-0.39, 0.29) is 22.8 Å². The lowest BCUT2D eigenvalue weighted by molar-refractivity contribution is -0.139. The van der Waals surface area contributed by atoms with E-state index >= 15 is 0 Å². The SMILES string of the molecule is COc1cc(C2/C(=C(/O)c3ccc(OCC(C)C)cc3)C(=O)C(=O)N2CCCN(C)C)ccc1O. The van der Waals surface area contributed by atoms with Crippen molar-refractivity contribution in [2.75, 3.05) is 40.9 Å². The molecule has 0 spiro atoms. The Morgan fingerprint density at radius 3 is 2.40 bits per heavy atom. The van der Waals surface area contributed by atoms with Gasteiger partial charge in [-0.1, -0.05) is 19.9 Å². The number of aliphatic hydroxyl groups excluding tert-OH is 1. The van der Waals surface area contributed by atoms with E-state index in [1.54, 1.807) is 36.4 Å². The predicted molar refractivity (Wildman–Crippen MR) is 134 cm³/mol. The molecule has 35 heavy (non-hydrogen) atoms. The fraction of sp³-hybridized carbons (Fsp3) is 0.407. The Balaban J connectivity index is 2.04. The van der Waals surface area contributed by atoms with E-state index in [2.05, 4.69) is 13.8 Å². The molecule has 1 aliphatic rings. The number of carbonyl (C=O) groups excluding carboxylic acids is 2. The van der Waals surface area contributed by atoms with Crippen molar-refractivity contribution in [2.24, 2.45) is 5.92 Å². The van der Waals surface area contributed by atoms with Crippen LogP contribution in [0.5, 0.6) is 17.2 Å². The van der Waals surface area contributed by atoms with Gasteiger partial charge in [-0.05, 0) is 74.9 Å². The van der Waals surface area contributed by atoms with Crippen LogP contribution in [0.25, 0.3) is 5.76 Å². The molecule has 1 aliphatic heterocycles. The van der Waals surface area contributed by atoms with Crippen LogP contribution in [0.3, 0.4) is 0 Å². The molecule has 1 saturated heterocycles. The minimum absolute atomic E-state index is 0.00319. The Bertz CT molecular complexity index is 1090. The van der Waals surface area contributed by atoms with Crippen LogP contribution in [0.15, 0.2) is 48.0 Å². The molecule has 2 aromatic rings. The molecule has 0 aromatic heterocycles. The largest absolute Gasteiger partial charge is 0.507 e. The molecule has 8 heteroatoms. The van der Waals surface area contributed by atoms with Gasteiger partial charge in [-0.3, -0.25) is 9.59 Å². The van der Waals surface area contributed by atoms with Gasteiger partial charge in [-0.2, -0.15) is 0 Å². The van der Waals surface area contributed by atoms with E-state index < -0.39 is 17.7 Å². The van der Waals surface area contributed by atoms with Crippen LogP contribution in [0.1, 0.15) is 37.4 Å². The predicted octanol–water partition coefficient (Wildman–Crippen LogP) is 3.81. The summed E-state index contributed by atoms with van der Waals surface area (Å²) in [7, 11) is 5.30. The van der Waals surface area contributed by atoms with Crippen molar-refractivity contribution in [3.63, 3.8) is 0 Å². The number of rotatable bonds is 10. The molecule has 188 valence electrons. The maximum absolute atomic E-state index is 13.2. The average molecular weight is 483 g/mol. The van der Waals surface area contributed by atoms with Gasteiger partial charge in [0.05, 0.1) is 25.3 Å². The highest BCUT2D eigenvalue weighted by molar-refractivity contribution is 6.46. The van der Waals surface area contributed by atoms with E-state index in [0.717, 1.165) is 6.54 Å². The first kappa shape index (κ1) is 26.1. The minimum Gasteiger partial charge on any atom is -0.507 e. The van der Waals surface area contributed by atoms with Gasteiger partial charge in [0.25, 0.3) is 11.7 Å². The maximum atomic E-state index is 13.2. The average Bonchev–Trinajstić information content (AvgIpc) is 3.07. The normalized spacial score (nSPS) is 17.5. The van der Waals surface area contributed by atoms with Gasteiger partial charge in [0.15, 0.2) is 11.5 Å². The van der Waals surface area contributed by atoms with E-state index in [1.807, 2.05) is 19.0 Å². The van der Waals surface area contributed by atoms with Crippen LogP contribution in [-0.4, -0.2) is 72.6 Å². The summed E-state index contributed by atoms with van der Waals surface area (Å²) in [5.41, 5.74) is 0.967. The van der Waals surface area contributed by atoms with Crippen molar-refractivity contribution in [1.29, 1.82) is 0 Å². The summed E-state index contributed by atoms with van der Waals surface area (Å²) in [5.74, 6) is -0.492. The van der Waals surface area contributed by atoms with Crippen molar-refractivity contribution in [3.05, 3.63) is 59.2 Å². The summed E-state index contributed by atoms with van der Waals surface area (Å²) in [6.45, 7) is 5.72. The van der Waals surface area contributed by atoms with Crippen LogP contribution in [0.4, 0.5) is 0 Å². The number of likely N-dealkylation sites (tertiary alicyclic amines) is 1. The van der Waals surface area contributed by atoms with Crippen molar-refractivity contribution >= 4 is 17.4 Å². The number of aromatic hydroxyl groups is 1. The first-order chi connectivity index (χ1) is 16.6. The highest BCUT2D eigenvalue weighted by Crippen LogP contribution is 2.41. The lowest BCUT2D eigenvalue weighted by Gasteiger charge is -2.26. The van der Waals surface area contributed by atoms with Crippen LogP contribution in [0, 0.1) is 5.92 Å². The molecule has 0 saturated carbocycles. The molecule has 1 amide bonds. The van der Waals surface area contributed by atoms with Crippen LogP contribution < -0.4 is 9.47 Å². The van der Waals surface area contributed by atoms with Gasteiger partial charge in [0, 0.05) is 12.1 Å². The maximum Gasteiger partial charge on any atom is 0.295 e. The Morgan fingerprint density at radius 1 is 1.11 bits per heavy atom. The first-order valence-electron chi connectivity index (χ1n) is 11.7. The van der Waals surface area contributed by atoms with Gasteiger partial charge in [-0.15, -0.1) is 0 Å². The summed E-state index contributed by atoms with van der Waals surface area (Å²) in [4.78, 5) is 29.7. The second-order valence-corrected chi connectivity index (χ2v) is 9.31. The van der Waals surface area contributed by atoms with Crippen LogP contribution in [-0.2, 0) is 9.59 Å². The quantitative estimate of drug-likeness (QED) is 0.302. The zero-order chi connectivity index (χ0) is 25.7. The van der Waals surface area contributed by atoms with E-state index in [4.69, 9.17) is 9.47 Å². The highest BCUT2D eigenvalue weighted by Gasteiger charge is 2.46. The van der Waals surface area contributed by atoms with Crippen LogP contribution >= 0.6 is 0 Å². The molecule has 2 aromatic carbocycles. The topological polar surface area (TPSA) is 99.5 Å². The minimum atomic E-state index is -0.816. The summed E-state index contributed by atoms with van der Waals surface area (Å²) in [6, 6.07) is 10.6. The Morgan fingerprint density at radius 2 is 1.80 bits per heavy atom. The molecule has 8 nitrogen and oxygen atoms in total. The molecule has 3 rings (SSSR count). The number of methoxy groups -OCH3 is 1. The third-order valence-corrected chi connectivity index (χ3v) is 5.77. The smallest absolute Gasteiger partial charge is 0.295 e. The molecule has 1 heterocycles. The number of phenols is 1. The van der Waals surface area contributed by atoms with Crippen molar-refractivity contribution < 1.29 is 29.3 Å². The number of nitrogens with zero attached hydrogens (tertiary/aromatic N) is 2. The zero-order valence-electron chi connectivity index (χ0n) is 20.9. The molecular formula is C27H34N2O6. The number of hydrogen-bond donors (Lipinski definition) is 2. The van der Waals surface area contributed by atoms with Gasteiger partial charge < -0.3 is 29.5 Å². The number of phenolic OH excluding ortho intramolecular Hbond substituents is 1. The second-order valence-electron chi connectivity index (χ2n) is 9.31. The summed E-state index contributed by atoms with van der Waals surface area (Å²) in [6.07, 6.45) is 0.646. The van der Waals surface area contributed by atoms with Crippen molar-refractivity contribution in [1.82, 2.24) is 9.80 Å². The van der Waals surface area contributed by atoms with Gasteiger partial charge in [0.1, 0.15) is 11.5 Å². The molecule has 0 radical (unpaired) electrons. The molecule has 0 aliphatic carbocycles. The number of aliphatic hydroxyl groups is 1. The number of amides is 1. The fourth-order valence-corrected chi connectivity index (χ4v) is 4.01. The third kappa shape index (κ3) is 5.95. The van der Waals surface area contributed by atoms with Crippen molar-refractivity contribution in [3.8, 4) is 17.2 Å². The molecule has 0 bridgehead atoms. The summed E-state index contributed by atoms with van der Waals surface area (Å²) >= 11 is 0. The number of carbonyl (C=O) groups is 2. The number of ketones is 1. The standard InChI is InChI=1S/C27H34N2O6/c1-17(2)16-35-20-10-7-18(8-11-20)25(31)23-24(19-9-12-21(30)22(15-19)34-5)29(27(33)26(23)32)14-6-13-28(3)4/h7-12,15,17,24,30-31H,6,13-14,16H2,1-5H3/b25-23-. The first-order valence-corrected chi connectivity index (χ1v) is 11.7. The monoisotopic (exact) mass is 482 g/mol. The van der Waals surface area contributed by atoms with Crippen LogP contribution in [0.2, 0.25) is 0 Å². The number of ether oxygens (including phenoxy) is 2. The Hall–Kier alpha value is -3.52. The molecule has 1 unspecified atom stereocenters. The Labute approximate surface area is 206 Å². The Kier molecular flexibility index (Phi) is 8.40. The third-order valence-electron chi connectivity index (χ3n) is 5.77. The van der Waals surface area contributed by atoms with Gasteiger partial charge in [-0.25, -0.2) is 0 Å². The summed E-state index contributed by atoms with van der Waals surface area (Å²) < 4.78 is 10.9. The lowest BCUT2D eigenvalue weighted by Crippen LogP contribution is -2.32. The molecule has 1 atom stereocenters.